The molecule has 0 bridgehead atoms. The number of hydrogen-bond acceptors (Lipinski definition) is 2. The number of benzene rings is 1. The number of para-hydroxylation sites is 1. The number of rotatable bonds is 7. The van der Waals surface area contributed by atoms with E-state index >= 15 is 0 Å². The van der Waals surface area contributed by atoms with Gasteiger partial charge in [0.15, 0.2) is 5.96 Å². The smallest absolute Gasteiger partial charge is 0.390 e. The third-order valence-corrected chi connectivity index (χ3v) is 4.02. The lowest BCUT2D eigenvalue weighted by Crippen LogP contribution is -2.38. The molecule has 8 heteroatoms. The molecule has 0 saturated heterocycles. The number of hydrogen-bond donors (Lipinski definition) is 2. The predicted octanol–water partition coefficient (Wildman–Crippen LogP) is 4.63. The van der Waals surface area contributed by atoms with Crippen LogP contribution in [0.4, 0.5) is 13.2 Å². The Balaban J connectivity index is 0.00000338. The molecule has 1 aliphatic rings. The third-order valence-electron chi connectivity index (χ3n) is 4.02. The zero-order valence-electron chi connectivity index (χ0n) is 14.9. The van der Waals surface area contributed by atoms with Crippen molar-refractivity contribution >= 4 is 29.9 Å². The summed E-state index contributed by atoms with van der Waals surface area (Å²) in [6, 6.07) is 7.70. The minimum atomic E-state index is -4.17. The lowest BCUT2D eigenvalue weighted by molar-refractivity contribution is -0.132. The summed E-state index contributed by atoms with van der Waals surface area (Å²) in [6.45, 7) is 2.61. The van der Waals surface area contributed by atoms with Gasteiger partial charge in [-0.3, -0.25) is 0 Å². The van der Waals surface area contributed by atoms with Gasteiger partial charge in [0.25, 0.3) is 0 Å². The first-order chi connectivity index (χ1) is 12.0. The molecule has 0 amide bonds. The molecule has 1 aromatic carbocycles. The number of nitrogens with zero attached hydrogens (tertiary/aromatic N) is 1. The Morgan fingerprint density at radius 3 is 2.54 bits per heavy atom. The first-order valence-corrected chi connectivity index (χ1v) is 8.81. The highest BCUT2D eigenvalue weighted by Gasteiger charge is 2.26. The van der Waals surface area contributed by atoms with Crippen molar-refractivity contribution in [2.45, 2.75) is 57.9 Å². The lowest BCUT2D eigenvalue weighted by Gasteiger charge is -2.16. The summed E-state index contributed by atoms with van der Waals surface area (Å²) in [4.78, 5) is 4.39. The zero-order chi connectivity index (χ0) is 18.1. The van der Waals surface area contributed by atoms with Gasteiger partial charge in [0, 0.05) is 18.7 Å². The largest absolute Gasteiger partial charge is 0.490 e. The second-order valence-electron chi connectivity index (χ2n) is 6.12. The fourth-order valence-corrected chi connectivity index (χ4v) is 2.76. The molecular weight excluding hydrogens is 458 g/mol. The highest BCUT2D eigenvalue weighted by molar-refractivity contribution is 14.0. The Bertz CT molecular complexity index is 561. The number of ether oxygens (including phenoxy) is 1. The van der Waals surface area contributed by atoms with Crippen LogP contribution in [0.3, 0.4) is 0 Å². The molecule has 1 aliphatic carbocycles. The van der Waals surface area contributed by atoms with Crippen LogP contribution in [-0.4, -0.2) is 31.3 Å². The first-order valence-electron chi connectivity index (χ1n) is 8.81. The summed E-state index contributed by atoms with van der Waals surface area (Å²) in [5, 5.41) is 5.68. The summed E-state index contributed by atoms with van der Waals surface area (Å²) in [5.74, 6) is 1.19. The van der Waals surface area contributed by atoms with Crippen LogP contribution in [0, 0.1) is 0 Å². The van der Waals surface area contributed by atoms with Crippen LogP contribution in [0.5, 0.6) is 5.75 Å². The Labute approximate surface area is 170 Å². The van der Waals surface area contributed by atoms with E-state index in [1.807, 2.05) is 31.2 Å². The van der Waals surface area contributed by atoms with Crippen LogP contribution in [0.2, 0.25) is 0 Å². The monoisotopic (exact) mass is 485 g/mol. The third kappa shape index (κ3) is 8.46. The summed E-state index contributed by atoms with van der Waals surface area (Å²) >= 11 is 0. The van der Waals surface area contributed by atoms with Gasteiger partial charge >= 0.3 is 6.18 Å². The Hall–Kier alpha value is -1.19. The minimum Gasteiger partial charge on any atom is -0.490 e. The molecule has 0 radical (unpaired) electrons. The van der Waals surface area contributed by atoms with Crippen LogP contribution in [0.1, 0.15) is 44.6 Å². The van der Waals surface area contributed by atoms with Crippen LogP contribution >= 0.6 is 24.0 Å². The van der Waals surface area contributed by atoms with Crippen molar-refractivity contribution in [1.82, 2.24) is 10.6 Å². The van der Waals surface area contributed by atoms with Crippen LogP contribution < -0.4 is 15.4 Å². The summed E-state index contributed by atoms with van der Waals surface area (Å²) < 4.78 is 42.9. The molecule has 1 saturated carbocycles. The van der Waals surface area contributed by atoms with Crippen molar-refractivity contribution in [3.05, 3.63) is 29.8 Å². The summed E-state index contributed by atoms with van der Waals surface area (Å²) in [5.41, 5.74) is 0.933. The fraction of sp³-hybridized carbons (Fsp3) is 0.611. The predicted molar refractivity (Wildman–Crippen MR) is 108 cm³/mol. The molecule has 4 nitrogen and oxygen atoms in total. The average molecular weight is 485 g/mol. The van der Waals surface area contributed by atoms with Crippen LogP contribution in [-0.2, 0) is 6.54 Å². The van der Waals surface area contributed by atoms with Crippen molar-refractivity contribution in [2.75, 3.05) is 13.1 Å². The van der Waals surface area contributed by atoms with Gasteiger partial charge in [-0.05, 0) is 38.7 Å². The van der Waals surface area contributed by atoms with Crippen molar-refractivity contribution in [2.24, 2.45) is 4.99 Å². The van der Waals surface area contributed by atoms with E-state index in [9.17, 15) is 13.2 Å². The molecule has 1 fully saturated rings. The summed E-state index contributed by atoms with van der Waals surface area (Å²) in [7, 11) is 0. The highest BCUT2D eigenvalue weighted by Crippen LogP contribution is 2.27. The maximum Gasteiger partial charge on any atom is 0.390 e. The number of guanidine groups is 1. The van der Waals surface area contributed by atoms with Gasteiger partial charge in [-0.25, -0.2) is 4.99 Å². The first kappa shape index (κ1) is 22.9. The van der Waals surface area contributed by atoms with Gasteiger partial charge in [-0.15, -0.1) is 24.0 Å². The van der Waals surface area contributed by atoms with E-state index < -0.39 is 12.6 Å². The van der Waals surface area contributed by atoms with E-state index in [-0.39, 0.29) is 36.6 Å². The fourth-order valence-electron chi connectivity index (χ4n) is 2.76. The number of aliphatic imine (C=N–C) groups is 1. The minimum absolute atomic E-state index is 0. The molecule has 0 heterocycles. The van der Waals surface area contributed by atoms with E-state index in [2.05, 4.69) is 15.6 Å². The Morgan fingerprint density at radius 1 is 1.19 bits per heavy atom. The standard InChI is InChI=1S/C18H26F3N3O.HI/c1-2-22-17(23-12-11-18(19,20)21)24-13-14-7-3-6-10-16(14)25-15-8-4-5-9-15;/h3,6-7,10,15H,2,4-5,8-9,11-13H2,1H3,(H2,22,23,24);1H. The van der Waals surface area contributed by atoms with Gasteiger partial charge < -0.3 is 15.4 Å². The van der Waals surface area contributed by atoms with Crippen molar-refractivity contribution in [1.29, 1.82) is 0 Å². The second-order valence-corrected chi connectivity index (χ2v) is 6.12. The topological polar surface area (TPSA) is 45.7 Å². The highest BCUT2D eigenvalue weighted by atomic mass is 127. The van der Waals surface area contributed by atoms with Crippen molar-refractivity contribution in [3.63, 3.8) is 0 Å². The summed E-state index contributed by atoms with van der Waals surface area (Å²) in [6.07, 6.45) is -0.288. The number of halogens is 4. The van der Waals surface area contributed by atoms with E-state index in [4.69, 9.17) is 4.74 Å². The van der Waals surface area contributed by atoms with Gasteiger partial charge in [0.2, 0.25) is 0 Å². The molecule has 1 aromatic rings. The maximum atomic E-state index is 12.3. The molecule has 0 spiro atoms. The molecule has 0 aromatic heterocycles. The van der Waals surface area contributed by atoms with Gasteiger partial charge in [-0.1, -0.05) is 18.2 Å². The van der Waals surface area contributed by atoms with Crippen molar-refractivity contribution in [3.8, 4) is 5.75 Å². The van der Waals surface area contributed by atoms with E-state index in [1.54, 1.807) is 0 Å². The molecule has 0 aliphatic heterocycles. The number of nitrogens with one attached hydrogen (secondary N) is 2. The van der Waals surface area contributed by atoms with Gasteiger partial charge in [0.1, 0.15) is 5.75 Å². The van der Waals surface area contributed by atoms with Crippen molar-refractivity contribution < 1.29 is 17.9 Å². The molecule has 26 heavy (non-hydrogen) atoms. The maximum absolute atomic E-state index is 12.3. The lowest BCUT2D eigenvalue weighted by atomic mass is 10.2. The zero-order valence-corrected chi connectivity index (χ0v) is 17.3. The SMILES string of the molecule is CCNC(=NCc1ccccc1OC1CCCC1)NCCC(F)(F)F.I. The van der Waals surface area contributed by atoms with E-state index in [0.29, 0.717) is 19.0 Å². The Morgan fingerprint density at radius 2 is 1.88 bits per heavy atom. The Kier molecular flexibility index (Phi) is 10.1. The second kappa shape index (κ2) is 11.5. The van der Waals surface area contributed by atoms with Crippen LogP contribution in [0.25, 0.3) is 0 Å². The van der Waals surface area contributed by atoms with E-state index in [1.165, 1.54) is 12.8 Å². The van der Waals surface area contributed by atoms with Crippen LogP contribution in [0.15, 0.2) is 29.3 Å². The van der Waals surface area contributed by atoms with Gasteiger partial charge in [-0.2, -0.15) is 13.2 Å². The molecule has 148 valence electrons. The van der Waals surface area contributed by atoms with Gasteiger partial charge in [0.05, 0.1) is 19.1 Å². The normalized spacial score (nSPS) is 15.5. The number of alkyl halides is 3. The molecule has 2 rings (SSSR count). The van der Waals surface area contributed by atoms with E-state index in [0.717, 1.165) is 24.2 Å². The quantitative estimate of drug-likeness (QED) is 0.336. The molecule has 0 unspecified atom stereocenters. The average Bonchev–Trinajstić information content (AvgIpc) is 3.05. The molecular formula is C18H27F3IN3O. The molecule has 0 atom stereocenters. The molecule has 2 N–H and O–H groups in total.